The SMILES string of the molecule is CCC(C)(C(=O)OCOC)S(C)(=O)=O. The van der Waals surface area contributed by atoms with Crippen LogP contribution in [0, 0.1) is 0 Å². The Morgan fingerprint density at radius 2 is 1.93 bits per heavy atom. The van der Waals surface area contributed by atoms with Crippen molar-refractivity contribution in [3.8, 4) is 0 Å². The van der Waals surface area contributed by atoms with E-state index in [2.05, 4.69) is 9.47 Å². The quantitative estimate of drug-likeness (QED) is 0.497. The molecule has 0 aromatic rings. The van der Waals surface area contributed by atoms with Crippen molar-refractivity contribution in [1.29, 1.82) is 0 Å². The second-order valence-electron chi connectivity index (χ2n) is 3.19. The average molecular weight is 224 g/mol. The maximum Gasteiger partial charge on any atom is 0.329 e. The van der Waals surface area contributed by atoms with Gasteiger partial charge in [-0.15, -0.1) is 0 Å². The number of esters is 1. The number of hydrogen-bond donors (Lipinski definition) is 0. The molecular formula is C8H16O5S. The van der Waals surface area contributed by atoms with Crippen LogP contribution in [0.2, 0.25) is 0 Å². The molecule has 0 aromatic heterocycles. The molecule has 5 nitrogen and oxygen atoms in total. The predicted octanol–water partition coefficient (Wildman–Crippen LogP) is 0.347. The lowest BCUT2D eigenvalue weighted by atomic mass is 10.1. The van der Waals surface area contributed by atoms with Gasteiger partial charge >= 0.3 is 5.97 Å². The largest absolute Gasteiger partial charge is 0.437 e. The van der Waals surface area contributed by atoms with E-state index in [4.69, 9.17) is 0 Å². The van der Waals surface area contributed by atoms with Gasteiger partial charge < -0.3 is 9.47 Å². The van der Waals surface area contributed by atoms with E-state index in [0.29, 0.717) is 0 Å². The molecule has 0 aromatic carbocycles. The Kier molecular flexibility index (Phi) is 4.54. The van der Waals surface area contributed by atoms with Crippen LogP contribution in [0.25, 0.3) is 0 Å². The summed E-state index contributed by atoms with van der Waals surface area (Å²) in [5, 5.41) is 0. The Hall–Kier alpha value is -0.620. The van der Waals surface area contributed by atoms with E-state index >= 15 is 0 Å². The highest BCUT2D eigenvalue weighted by Gasteiger charge is 2.43. The Morgan fingerprint density at radius 1 is 1.43 bits per heavy atom. The van der Waals surface area contributed by atoms with Crippen molar-refractivity contribution in [3.63, 3.8) is 0 Å². The minimum atomic E-state index is -3.47. The van der Waals surface area contributed by atoms with E-state index in [9.17, 15) is 13.2 Å². The third-order valence-electron chi connectivity index (χ3n) is 2.23. The first-order valence-electron chi connectivity index (χ1n) is 4.15. The first-order valence-corrected chi connectivity index (χ1v) is 6.04. The summed E-state index contributed by atoms with van der Waals surface area (Å²) in [5.74, 6) is -0.774. The molecular weight excluding hydrogens is 208 g/mol. The number of ether oxygens (including phenoxy) is 2. The zero-order valence-electron chi connectivity index (χ0n) is 8.86. The van der Waals surface area contributed by atoms with Crippen LogP contribution < -0.4 is 0 Å². The first-order chi connectivity index (χ1) is 6.29. The highest BCUT2D eigenvalue weighted by molar-refractivity contribution is 7.92. The molecule has 0 saturated carbocycles. The zero-order valence-corrected chi connectivity index (χ0v) is 9.68. The lowest BCUT2D eigenvalue weighted by Gasteiger charge is -2.23. The summed E-state index contributed by atoms with van der Waals surface area (Å²) in [5.41, 5.74) is 0. The molecule has 0 saturated heterocycles. The molecule has 0 spiro atoms. The van der Waals surface area contributed by atoms with Crippen LogP contribution in [-0.4, -0.2) is 39.3 Å². The lowest BCUT2D eigenvalue weighted by molar-refractivity contribution is -0.156. The minimum Gasteiger partial charge on any atom is -0.437 e. The van der Waals surface area contributed by atoms with Crippen LogP contribution in [0.1, 0.15) is 20.3 Å². The molecule has 0 aliphatic heterocycles. The Morgan fingerprint density at radius 3 is 2.21 bits per heavy atom. The molecule has 0 heterocycles. The Bertz CT molecular complexity index is 295. The maximum absolute atomic E-state index is 11.4. The molecule has 0 rings (SSSR count). The summed E-state index contributed by atoms with van der Waals surface area (Å²) < 4.78 is 30.4. The topological polar surface area (TPSA) is 69.7 Å². The van der Waals surface area contributed by atoms with Crippen LogP contribution in [-0.2, 0) is 24.1 Å². The number of sulfone groups is 1. The third-order valence-corrected chi connectivity index (χ3v) is 4.32. The minimum absolute atomic E-state index is 0.175. The standard InChI is InChI=1S/C8H16O5S/c1-5-8(2,14(4,10)11)7(9)13-6-12-3/h5-6H2,1-4H3. The number of rotatable bonds is 5. The molecule has 1 unspecified atom stereocenters. The third kappa shape index (κ3) is 2.68. The van der Waals surface area contributed by atoms with Crippen molar-refractivity contribution in [2.75, 3.05) is 20.2 Å². The van der Waals surface area contributed by atoms with Gasteiger partial charge in [0, 0.05) is 13.4 Å². The molecule has 0 bridgehead atoms. The summed E-state index contributed by atoms with van der Waals surface area (Å²) in [6, 6.07) is 0. The second kappa shape index (κ2) is 4.75. The fourth-order valence-corrected chi connectivity index (χ4v) is 1.71. The van der Waals surface area contributed by atoms with Crippen molar-refractivity contribution in [3.05, 3.63) is 0 Å². The average Bonchev–Trinajstić information content (AvgIpc) is 2.10. The molecule has 1 atom stereocenters. The molecule has 0 amide bonds. The summed E-state index contributed by atoms with van der Waals surface area (Å²) in [6.07, 6.45) is 1.19. The predicted molar refractivity (Wildman–Crippen MR) is 51.5 cm³/mol. The summed E-state index contributed by atoms with van der Waals surface area (Å²) in [7, 11) is -2.12. The Balaban J connectivity index is 4.79. The fourth-order valence-electron chi connectivity index (χ4n) is 0.823. The molecule has 84 valence electrons. The molecule has 6 heteroatoms. The monoisotopic (exact) mass is 224 g/mol. The highest BCUT2D eigenvalue weighted by atomic mass is 32.2. The smallest absolute Gasteiger partial charge is 0.329 e. The molecule has 14 heavy (non-hydrogen) atoms. The molecule has 0 radical (unpaired) electrons. The van der Waals surface area contributed by atoms with Crippen molar-refractivity contribution in [2.24, 2.45) is 0 Å². The zero-order chi connectivity index (χ0) is 11.4. The van der Waals surface area contributed by atoms with E-state index in [0.717, 1.165) is 6.26 Å². The van der Waals surface area contributed by atoms with Gasteiger partial charge in [-0.25, -0.2) is 8.42 Å². The fraction of sp³-hybridized carbons (Fsp3) is 0.875. The van der Waals surface area contributed by atoms with Crippen LogP contribution in [0.3, 0.4) is 0 Å². The summed E-state index contributed by atoms with van der Waals surface area (Å²) in [6.45, 7) is 2.74. The number of methoxy groups -OCH3 is 1. The van der Waals surface area contributed by atoms with Gasteiger partial charge in [0.15, 0.2) is 21.4 Å². The normalized spacial score (nSPS) is 16.0. The number of carbonyl (C=O) groups excluding carboxylic acids is 1. The number of hydrogen-bond acceptors (Lipinski definition) is 5. The summed E-state index contributed by atoms with van der Waals surface area (Å²) in [4.78, 5) is 11.4. The highest BCUT2D eigenvalue weighted by Crippen LogP contribution is 2.22. The summed E-state index contributed by atoms with van der Waals surface area (Å²) >= 11 is 0. The van der Waals surface area contributed by atoms with Gasteiger partial charge in [-0.3, -0.25) is 4.79 Å². The van der Waals surface area contributed by atoms with E-state index < -0.39 is 20.6 Å². The molecule has 0 aliphatic rings. The lowest BCUT2D eigenvalue weighted by Crippen LogP contribution is -2.43. The molecule has 0 fully saturated rings. The van der Waals surface area contributed by atoms with Gasteiger partial charge in [0.05, 0.1) is 0 Å². The van der Waals surface area contributed by atoms with Crippen molar-refractivity contribution in [2.45, 2.75) is 25.0 Å². The Labute approximate surface area is 84.3 Å². The van der Waals surface area contributed by atoms with Gasteiger partial charge in [-0.05, 0) is 13.3 Å². The van der Waals surface area contributed by atoms with E-state index in [1.54, 1.807) is 6.92 Å². The van der Waals surface area contributed by atoms with E-state index in [-0.39, 0.29) is 13.2 Å². The van der Waals surface area contributed by atoms with Crippen molar-refractivity contribution in [1.82, 2.24) is 0 Å². The maximum atomic E-state index is 11.4. The van der Waals surface area contributed by atoms with E-state index in [1.165, 1.54) is 14.0 Å². The van der Waals surface area contributed by atoms with Gasteiger partial charge in [0.2, 0.25) is 0 Å². The van der Waals surface area contributed by atoms with Gasteiger partial charge in [-0.2, -0.15) is 0 Å². The van der Waals surface area contributed by atoms with Crippen LogP contribution in [0.4, 0.5) is 0 Å². The van der Waals surface area contributed by atoms with Gasteiger partial charge in [0.1, 0.15) is 0 Å². The van der Waals surface area contributed by atoms with Crippen LogP contribution in [0.5, 0.6) is 0 Å². The van der Waals surface area contributed by atoms with Crippen molar-refractivity contribution < 1.29 is 22.7 Å². The van der Waals surface area contributed by atoms with Crippen molar-refractivity contribution >= 4 is 15.8 Å². The molecule has 0 aliphatic carbocycles. The number of carbonyl (C=O) groups is 1. The molecule has 0 N–H and O–H groups in total. The van der Waals surface area contributed by atoms with Crippen LogP contribution >= 0.6 is 0 Å². The van der Waals surface area contributed by atoms with E-state index in [1.807, 2.05) is 0 Å². The second-order valence-corrected chi connectivity index (χ2v) is 5.64. The first kappa shape index (κ1) is 13.4. The van der Waals surface area contributed by atoms with Crippen LogP contribution in [0.15, 0.2) is 0 Å². The van der Waals surface area contributed by atoms with Gasteiger partial charge in [0.25, 0.3) is 0 Å². The van der Waals surface area contributed by atoms with Gasteiger partial charge in [-0.1, -0.05) is 6.92 Å².